The number of amides is 1. The Hall–Kier alpha value is -3.25. The van der Waals surface area contributed by atoms with E-state index >= 15 is 0 Å². The molecule has 0 bridgehead atoms. The molecule has 6 heteroatoms. The number of benzene rings is 2. The fourth-order valence-corrected chi connectivity index (χ4v) is 3.49. The Balaban J connectivity index is 1.43. The van der Waals surface area contributed by atoms with Gasteiger partial charge >= 0.3 is 0 Å². The normalized spacial score (nSPS) is 16.5. The van der Waals surface area contributed by atoms with Crippen molar-refractivity contribution in [3.8, 4) is 0 Å². The minimum Gasteiger partial charge on any atom is -0.370 e. The fraction of sp³-hybridized carbons (Fsp3) is 0.261. The van der Waals surface area contributed by atoms with Crippen LogP contribution in [0.25, 0.3) is 0 Å². The van der Waals surface area contributed by atoms with Gasteiger partial charge in [-0.25, -0.2) is 9.97 Å². The number of aromatic nitrogens is 2. The van der Waals surface area contributed by atoms with Crippen LogP contribution in [0.15, 0.2) is 60.7 Å². The number of anilines is 2. The molecule has 0 aliphatic carbocycles. The minimum absolute atomic E-state index is 0.0171. The van der Waals surface area contributed by atoms with Gasteiger partial charge in [0.05, 0.1) is 13.2 Å². The van der Waals surface area contributed by atoms with Gasteiger partial charge in [-0.2, -0.15) is 0 Å². The molecule has 0 radical (unpaired) electrons. The van der Waals surface area contributed by atoms with E-state index in [4.69, 9.17) is 4.74 Å². The number of hydrogen-bond donors (Lipinski definition) is 1. The van der Waals surface area contributed by atoms with Gasteiger partial charge < -0.3 is 15.0 Å². The van der Waals surface area contributed by atoms with Crippen molar-refractivity contribution in [2.75, 3.05) is 25.0 Å². The molecule has 29 heavy (non-hydrogen) atoms. The molecule has 2 aromatic carbocycles. The van der Waals surface area contributed by atoms with Crippen LogP contribution in [0.2, 0.25) is 0 Å². The molecule has 0 unspecified atom stereocenters. The van der Waals surface area contributed by atoms with E-state index in [1.54, 1.807) is 0 Å². The SMILES string of the molecule is Cc1cc(C)nc(Nc2ccc(C(=O)N3CCO[C@H](c4ccccc4)C3)cc2)n1. The maximum atomic E-state index is 13.0. The van der Waals surface area contributed by atoms with Crippen molar-refractivity contribution in [2.45, 2.75) is 20.0 Å². The van der Waals surface area contributed by atoms with Crippen LogP contribution in [-0.2, 0) is 4.74 Å². The molecule has 0 spiro atoms. The number of rotatable bonds is 4. The summed E-state index contributed by atoms with van der Waals surface area (Å²) in [6.45, 7) is 5.56. The van der Waals surface area contributed by atoms with Crippen LogP contribution in [0.1, 0.15) is 33.4 Å². The first kappa shape index (κ1) is 19.1. The molecular weight excluding hydrogens is 364 g/mol. The van der Waals surface area contributed by atoms with Crippen molar-refractivity contribution in [3.05, 3.63) is 83.2 Å². The molecule has 3 aromatic rings. The van der Waals surface area contributed by atoms with Crippen molar-refractivity contribution >= 4 is 17.5 Å². The quantitative estimate of drug-likeness (QED) is 0.730. The van der Waals surface area contributed by atoms with E-state index in [0.29, 0.717) is 31.2 Å². The number of nitrogens with one attached hydrogen (secondary N) is 1. The first-order valence-corrected chi connectivity index (χ1v) is 9.74. The van der Waals surface area contributed by atoms with Gasteiger partial charge in [0.2, 0.25) is 5.95 Å². The van der Waals surface area contributed by atoms with Crippen molar-refractivity contribution < 1.29 is 9.53 Å². The molecular formula is C23H24N4O2. The fourth-order valence-electron chi connectivity index (χ4n) is 3.49. The zero-order valence-corrected chi connectivity index (χ0v) is 16.6. The van der Waals surface area contributed by atoms with Gasteiger partial charge in [0.25, 0.3) is 5.91 Å². The molecule has 2 heterocycles. The Morgan fingerprint density at radius 2 is 1.72 bits per heavy atom. The van der Waals surface area contributed by atoms with Gasteiger partial charge in [-0.05, 0) is 49.7 Å². The van der Waals surface area contributed by atoms with Crippen LogP contribution in [0.5, 0.6) is 0 Å². The van der Waals surface area contributed by atoms with Gasteiger partial charge in [0.15, 0.2) is 0 Å². The van der Waals surface area contributed by atoms with Crippen LogP contribution in [0.3, 0.4) is 0 Å². The molecule has 1 aliphatic rings. The molecule has 0 saturated carbocycles. The highest BCUT2D eigenvalue weighted by atomic mass is 16.5. The van der Waals surface area contributed by atoms with Crippen molar-refractivity contribution in [1.29, 1.82) is 0 Å². The first-order valence-electron chi connectivity index (χ1n) is 9.74. The summed E-state index contributed by atoms with van der Waals surface area (Å²) in [4.78, 5) is 23.6. The molecule has 4 rings (SSSR count). The van der Waals surface area contributed by atoms with Crippen molar-refractivity contribution in [3.63, 3.8) is 0 Å². The number of carbonyl (C=O) groups excluding carboxylic acids is 1. The predicted octanol–water partition coefficient (Wildman–Crippen LogP) is 4.05. The highest BCUT2D eigenvalue weighted by molar-refractivity contribution is 5.94. The number of nitrogens with zero attached hydrogens (tertiary/aromatic N) is 3. The number of morpholine rings is 1. The molecule has 1 atom stereocenters. The van der Waals surface area contributed by atoms with Crippen LogP contribution in [-0.4, -0.2) is 40.5 Å². The topological polar surface area (TPSA) is 67.4 Å². The van der Waals surface area contributed by atoms with Crippen LogP contribution in [0, 0.1) is 13.8 Å². The summed E-state index contributed by atoms with van der Waals surface area (Å²) >= 11 is 0. The first-order chi connectivity index (χ1) is 14.1. The zero-order chi connectivity index (χ0) is 20.2. The summed E-state index contributed by atoms with van der Waals surface area (Å²) in [5, 5.41) is 3.19. The summed E-state index contributed by atoms with van der Waals surface area (Å²) in [5.41, 5.74) is 4.42. The van der Waals surface area contributed by atoms with Crippen molar-refractivity contribution in [1.82, 2.24) is 14.9 Å². The largest absolute Gasteiger partial charge is 0.370 e. The minimum atomic E-state index is -0.0865. The average molecular weight is 388 g/mol. The third-order valence-electron chi connectivity index (χ3n) is 4.90. The molecule has 1 aromatic heterocycles. The molecule has 148 valence electrons. The zero-order valence-electron chi connectivity index (χ0n) is 16.6. The second-order valence-electron chi connectivity index (χ2n) is 7.20. The smallest absolute Gasteiger partial charge is 0.254 e. The highest BCUT2D eigenvalue weighted by Crippen LogP contribution is 2.23. The lowest BCUT2D eigenvalue weighted by atomic mass is 10.1. The second-order valence-corrected chi connectivity index (χ2v) is 7.20. The Bertz CT molecular complexity index is 969. The van der Waals surface area contributed by atoms with Crippen LogP contribution in [0.4, 0.5) is 11.6 Å². The molecule has 1 aliphatic heterocycles. The Kier molecular flexibility index (Phi) is 5.53. The Labute approximate surface area is 170 Å². The van der Waals surface area contributed by atoms with E-state index in [9.17, 15) is 4.79 Å². The van der Waals surface area contributed by atoms with E-state index in [-0.39, 0.29) is 12.0 Å². The van der Waals surface area contributed by atoms with Gasteiger partial charge in [-0.15, -0.1) is 0 Å². The van der Waals surface area contributed by atoms with Gasteiger partial charge in [0, 0.05) is 29.2 Å². The van der Waals surface area contributed by atoms with E-state index in [2.05, 4.69) is 15.3 Å². The summed E-state index contributed by atoms with van der Waals surface area (Å²) in [7, 11) is 0. The Morgan fingerprint density at radius 3 is 2.41 bits per heavy atom. The summed E-state index contributed by atoms with van der Waals surface area (Å²) in [5.74, 6) is 0.573. The number of aryl methyl sites for hydroxylation is 2. The highest BCUT2D eigenvalue weighted by Gasteiger charge is 2.26. The number of ether oxygens (including phenoxy) is 1. The van der Waals surface area contributed by atoms with E-state index in [1.165, 1.54) is 0 Å². The predicted molar refractivity (Wildman–Crippen MR) is 112 cm³/mol. The maximum absolute atomic E-state index is 13.0. The van der Waals surface area contributed by atoms with Gasteiger partial charge in [0.1, 0.15) is 6.10 Å². The Morgan fingerprint density at radius 1 is 1.03 bits per heavy atom. The average Bonchev–Trinajstić information content (AvgIpc) is 2.74. The molecule has 6 nitrogen and oxygen atoms in total. The van der Waals surface area contributed by atoms with Crippen LogP contribution < -0.4 is 5.32 Å². The third kappa shape index (κ3) is 4.60. The van der Waals surface area contributed by atoms with Gasteiger partial charge in [-0.3, -0.25) is 4.79 Å². The lowest BCUT2D eigenvalue weighted by Gasteiger charge is -2.33. The molecule has 1 amide bonds. The third-order valence-corrected chi connectivity index (χ3v) is 4.90. The summed E-state index contributed by atoms with van der Waals surface area (Å²) < 4.78 is 5.87. The molecule has 1 saturated heterocycles. The summed E-state index contributed by atoms with van der Waals surface area (Å²) in [6.07, 6.45) is -0.0865. The monoisotopic (exact) mass is 388 g/mol. The van der Waals surface area contributed by atoms with Gasteiger partial charge in [-0.1, -0.05) is 30.3 Å². The summed E-state index contributed by atoms with van der Waals surface area (Å²) in [6, 6.07) is 19.4. The second kappa shape index (κ2) is 8.41. The van der Waals surface area contributed by atoms with Crippen LogP contribution >= 0.6 is 0 Å². The van der Waals surface area contributed by atoms with E-state index in [1.807, 2.05) is 79.4 Å². The number of carbonyl (C=O) groups is 1. The maximum Gasteiger partial charge on any atom is 0.254 e. The van der Waals surface area contributed by atoms with Crippen molar-refractivity contribution in [2.24, 2.45) is 0 Å². The lowest BCUT2D eigenvalue weighted by molar-refractivity contribution is -0.0228. The molecule has 1 fully saturated rings. The molecule has 1 N–H and O–H groups in total. The standard InChI is InChI=1S/C23H24N4O2/c1-16-14-17(2)25-23(24-16)26-20-10-8-19(9-11-20)22(28)27-12-13-29-21(15-27)18-6-4-3-5-7-18/h3-11,14,21H,12-13,15H2,1-2H3,(H,24,25,26)/t21-/m0/s1. The van der Waals surface area contributed by atoms with E-state index in [0.717, 1.165) is 22.6 Å². The van der Waals surface area contributed by atoms with E-state index < -0.39 is 0 Å². The lowest BCUT2D eigenvalue weighted by Crippen LogP contribution is -2.42. The number of hydrogen-bond acceptors (Lipinski definition) is 5.